The molecule has 146 valence electrons. The summed E-state index contributed by atoms with van der Waals surface area (Å²) in [4.78, 5) is 14.2. The molecule has 26 heavy (non-hydrogen) atoms. The lowest BCUT2D eigenvalue weighted by Gasteiger charge is -2.62. The molecule has 1 amide bonds. The van der Waals surface area contributed by atoms with Crippen molar-refractivity contribution in [2.45, 2.75) is 65.0 Å². The zero-order valence-electron chi connectivity index (χ0n) is 16.7. The molecule has 0 bridgehead atoms. The van der Waals surface area contributed by atoms with E-state index in [0.717, 1.165) is 25.7 Å². The summed E-state index contributed by atoms with van der Waals surface area (Å²) in [5.74, 6) is 2.84. The maximum atomic E-state index is 12.2. The van der Waals surface area contributed by atoms with Crippen LogP contribution < -0.4 is 0 Å². The summed E-state index contributed by atoms with van der Waals surface area (Å²) < 4.78 is 0. The number of hydrogen-bond acceptors (Lipinski definition) is 3. The normalized spacial score (nSPS) is 51.6. The quantitative estimate of drug-likeness (QED) is 0.795. The minimum absolute atomic E-state index is 0.0643. The Hall–Kier alpha value is -0.870. The smallest absolute Gasteiger partial charge is 0.246 e. The van der Waals surface area contributed by atoms with Gasteiger partial charge in [0.25, 0.3) is 0 Å². The average molecular weight is 362 g/mol. The molecule has 4 unspecified atom stereocenters. The second-order valence-corrected chi connectivity index (χ2v) is 10.1. The molecule has 1 aliphatic heterocycles. The third kappa shape index (κ3) is 2.30. The van der Waals surface area contributed by atoms with E-state index in [1.165, 1.54) is 6.42 Å². The van der Waals surface area contributed by atoms with E-state index in [2.05, 4.69) is 26.8 Å². The van der Waals surface area contributed by atoms with Gasteiger partial charge in [0.1, 0.15) is 0 Å². The van der Waals surface area contributed by atoms with E-state index in [9.17, 15) is 15.0 Å². The number of carbonyl (C=O) groups is 1. The third-order valence-electron chi connectivity index (χ3n) is 9.23. The molecule has 4 aliphatic rings. The SMILES string of the molecule is CC1CC2N(C)C(=O)C=C[C@]2(C)[C@@H]2CC[C@]3(C)C(C(O)CO)CC[C@H]3[C@H]12. The number of fused-ring (bicyclic) bond motifs is 5. The second kappa shape index (κ2) is 6.07. The Morgan fingerprint density at radius 1 is 1.27 bits per heavy atom. The molecule has 0 aromatic heterocycles. The summed E-state index contributed by atoms with van der Waals surface area (Å²) in [7, 11) is 1.97. The van der Waals surface area contributed by atoms with Crippen LogP contribution in [0.2, 0.25) is 0 Å². The number of nitrogens with zero attached hydrogens (tertiary/aromatic N) is 1. The van der Waals surface area contributed by atoms with Gasteiger partial charge in [0, 0.05) is 18.5 Å². The first-order valence-electron chi connectivity index (χ1n) is 10.5. The Morgan fingerprint density at radius 3 is 2.69 bits per heavy atom. The average Bonchev–Trinajstić information content (AvgIpc) is 2.97. The van der Waals surface area contributed by atoms with Crippen LogP contribution in [-0.4, -0.2) is 46.8 Å². The van der Waals surface area contributed by atoms with Crippen molar-refractivity contribution in [1.29, 1.82) is 0 Å². The fraction of sp³-hybridized carbons (Fsp3) is 0.864. The molecule has 3 fully saturated rings. The van der Waals surface area contributed by atoms with E-state index in [0.29, 0.717) is 29.7 Å². The van der Waals surface area contributed by atoms with E-state index >= 15 is 0 Å². The number of aliphatic hydroxyl groups excluding tert-OH is 2. The summed E-state index contributed by atoms with van der Waals surface area (Å²) in [6.07, 6.45) is 9.00. The van der Waals surface area contributed by atoms with Crippen LogP contribution in [0.4, 0.5) is 0 Å². The van der Waals surface area contributed by atoms with Gasteiger partial charge in [-0.25, -0.2) is 0 Å². The van der Waals surface area contributed by atoms with E-state index in [4.69, 9.17) is 0 Å². The molecular formula is C22H35NO3. The molecule has 0 radical (unpaired) electrons. The molecule has 1 heterocycles. The van der Waals surface area contributed by atoms with Gasteiger partial charge in [-0.15, -0.1) is 0 Å². The van der Waals surface area contributed by atoms with Crippen LogP contribution >= 0.6 is 0 Å². The molecule has 3 saturated carbocycles. The summed E-state index contributed by atoms with van der Waals surface area (Å²) in [6.45, 7) is 7.01. The predicted octanol–water partition coefficient (Wildman–Crippen LogP) is 2.84. The fourth-order valence-corrected chi connectivity index (χ4v) is 7.86. The summed E-state index contributed by atoms with van der Waals surface area (Å²) in [6, 6.07) is 0.306. The maximum Gasteiger partial charge on any atom is 0.246 e. The van der Waals surface area contributed by atoms with Crippen LogP contribution in [-0.2, 0) is 4.79 Å². The van der Waals surface area contributed by atoms with Crippen LogP contribution in [0.5, 0.6) is 0 Å². The highest BCUT2D eigenvalue weighted by molar-refractivity contribution is 5.89. The van der Waals surface area contributed by atoms with Gasteiger partial charge < -0.3 is 15.1 Å². The standard InChI is InChI=1S/C22H35NO3/c1-13-11-18-22(3,10-8-19(26)23(18)4)16-7-9-21(2)14(17(25)12-24)5-6-15(21)20(13)16/h8,10,13-18,20,24-25H,5-7,9,11-12H2,1-4H3/t13?,14?,15-,16+,17?,18?,20-,21+,22+/m0/s1. The van der Waals surface area contributed by atoms with Crippen molar-refractivity contribution in [3.63, 3.8) is 0 Å². The molecule has 4 rings (SSSR count). The monoisotopic (exact) mass is 361 g/mol. The van der Waals surface area contributed by atoms with Crippen molar-refractivity contribution < 1.29 is 15.0 Å². The predicted molar refractivity (Wildman–Crippen MR) is 101 cm³/mol. The van der Waals surface area contributed by atoms with Crippen molar-refractivity contribution in [2.24, 2.45) is 40.4 Å². The van der Waals surface area contributed by atoms with Crippen molar-refractivity contribution in [3.8, 4) is 0 Å². The Balaban J connectivity index is 1.69. The zero-order chi connectivity index (χ0) is 18.9. The molecule has 0 aromatic rings. The number of amides is 1. The highest BCUT2D eigenvalue weighted by atomic mass is 16.3. The van der Waals surface area contributed by atoms with Crippen molar-refractivity contribution in [3.05, 3.63) is 12.2 Å². The summed E-state index contributed by atoms with van der Waals surface area (Å²) in [5, 5.41) is 20.0. The van der Waals surface area contributed by atoms with E-state index in [-0.39, 0.29) is 29.3 Å². The third-order valence-corrected chi connectivity index (χ3v) is 9.23. The molecule has 4 heteroatoms. The van der Waals surface area contributed by atoms with Gasteiger partial charge in [-0.05, 0) is 73.2 Å². The number of hydrogen-bond donors (Lipinski definition) is 2. The van der Waals surface area contributed by atoms with Crippen molar-refractivity contribution in [1.82, 2.24) is 4.90 Å². The van der Waals surface area contributed by atoms with Gasteiger partial charge in [-0.3, -0.25) is 4.79 Å². The highest BCUT2D eigenvalue weighted by Gasteiger charge is 2.62. The van der Waals surface area contributed by atoms with Crippen LogP contribution in [0.3, 0.4) is 0 Å². The lowest BCUT2D eigenvalue weighted by Crippen LogP contribution is -2.62. The largest absolute Gasteiger partial charge is 0.394 e. The minimum atomic E-state index is -0.581. The van der Waals surface area contributed by atoms with Gasteiger partial charge in [0.05, 0.1) is 12.7 Å². The van der Waals surface area contributed by atoms with Gasteiger partial charge in [0.2, 0.25) is 5.91 Å². The summed E-state index contributed by atoms with van der Waals surface area (Å²) >= 11 is 0. The molecule has 0 saturated heterocycles. The van der Waals surface area contributed by atoms with Crippen LogP contribution in [0.15, 0.2) is 12.2 Å². The number of rotatable bonds is 2. The van der Waals surface area contributed by atoms with E-state index in [1.807, 2.05) is 11.9 Å². The number of likely N-dealkylation sites (N-methyl/N-ethyl adjacent to an activating group) is 1. The number of aliphatic hydroxyl groups is 2. The van der Waals surface area contributed by atoms with E-state index < -0.39 is 6.10 Å². The van der Waals surface area contributed by atoms with Crippen LogP contribution in [0.1, 0.15) is 52.9 Å². The van der Waals surface area contributed by atoms with Crippen molar-refractivity contribution >= 4 is 5.91 Å². The Kier molecular flexibility index (Phi) is 4.31. The first-order chi connectivity index (χ1) is 12.2. The molecule has 0 aromatic carbocycles. The molecular weight excluding hydrogens is 326 g/mol. The van der Waals surface area contributed by atoms with Crippen molar-refractivity contribution in [2.75, 3.05) is 13.7 Å². The summed E-state index contributed by atoms with van der Waals surface area (Å²) in [5.41, 5.74) is 0.204. The van der Waals surface area contributed by atoms with Gasteiger partial charge >= 0.3 is 0 Å². The lowest BCUT2D eigenvalue weighted by atomic mass is 9.45. The molecule has 0 spiro atoms. The first kappa shape index (κ1) is 18.5. The van der Waals surface area contributed by atoms with Crippen LogP contribution in [0, 0.1) is 40.4 Å². The fourth-order valence-electron chi connectivity index (χ4n) is 7.86. The Morgan fingerprint density at radius 2 is 2.00 bits per heavy atom. The zero-order valence-corrected chi connectivity index (χ0v) is 16.7. The highest BCUT2D eigenvalue weighted by Crippen LogP contribution is 2.67. The maximum absolute atomic E-state index is 12.2. The molecule has 2 N–H and O–H groups in total. The van der Waals surface area contributed by atoms with E-state index in [1.54, 1.807) is 6.08 Å². The van der Waals surface area contributed by atoms with Gasteiger partial charge in [0.15, 0.2) is 0 Å². The van der Waals surface area contributed by atoms with Gasteiger partial charge in [-0.2, -0.15) is 0 Å². The first-order valence-corrected chi connectivity index (χ1v) is 10.5. The molecule has 3 aliphatic carbocycles. The Bertz CT molecular complexity index is 619. The van der Waals surface area contributed by atoms with Crippen LogP contribution in [0.25, 0.3) is 0 Å². The van der Waals surface area contributed by atoms with Gasteiger partial charge in [-0.1, -0.05) is 26.8 Å². The minimum Gasteiger partial charge on any atom is -0.394 e. The number of carbonyl (C=O) groups excluding carboxylic acids is 1. The molecule has 4 nitrogen and oxygen atoms in total. The Labute approximate surface area is 157 Å². The molecule has 9 atom stereocenters. The topological polar surface area (TPSA) is 60.8 Å². The second-order valence-electron chi connectivity index (χ2n) is 10.1. The lowest BCUT2D eigenvalue weighted by molar-refractivity contribution is -0.147.